The molecule has 6 heteroatoms. The maximum Gasteiger partial charge on any atom is 0.416 e. The van der Waals surface area contributed by atoms with Crippen LogP contribution >= 0.6 is 0 Å². The van der Waals surface area contributed by atoms with Crippen molar-refractivity contribution < 1.29 is 22.7 Å². The smallest absolute Gasteiger partial charge is 0.369 e. The molecule has 1 heterocycles. The van der Waals surface area contributed by atoms with Crippen LogP contribution in [0.3, 0.4) is 0 Å². The van der Waals surface area contributed by atoms with E-state index in [1.54, 1.807) is 4.90 Å². The Morgan fingerprint density at radius 1 is 1.26 bits per heavy atom. The third-order valence-corrected chi connectivity index (χ3v) is 3.90. The first kappa shape index (κ1) is 17.4. The Bertz CT molecular complexity index is 567. The van der Waals surface area contributed by atoms with Gasteiger partial charge >= 0.3 is 6.18 Å². The fourth-order valence-electron chi connectivity index (χ4n) is 2.57. The summed E-state index contributed by atoms with van der Waals surface area (Å²) in [6, 6.07) is 4.34. The molecule has 0 bridgehead atoms. The Labute approximate surface area is 133 Å². The summed E-state index contributed by atoms with van der Waals surface area (Å²) in [6.07, 6.45) is 2.32. The summed E-state index contributed by atoms with van der Waals surface area (Å²) in [7, 11) is 0. The molecule has 0 aromatic heterocycles. The second-order valence-corrected chi connectivity index (χ2v) is 5.53. The van der Waals surface area contributed by atoms with E-state index in [0.29, 0.717) is 25.6 Å². The van der Waals surface area contributed by atoms with Gasteiger partial charge in [0.25, 0.3) is 5.91 Å². The third kappa shape index (κ3) is 4.73. The summed E-state index contributed by atoms with van der Waals surface area (Å²) in [4.78, 5) is 14.0. The van der Waals surface area contributed by atoms with Crippen LogP contribution in [0.4, 0.5) is 13.2 Å². The van der Waals surface area contributed by atoms with Crippen LogP contribution < -0.4 is 0 Å². The van der Waals surface area contributed by atoms with Gasteiger partial charge in [0.2, 0.25) is 0 Å². The van der Waals surface area contributed by atoms with Gasteiger partial charge in [-0.1, -0.05) is 5.92 Å². The fraction of sp³-hybridized carbons (Fsp3) is 0.471. The molecule has 0 atom stereocenters. The van der Waals surface area contributed by atoms with Crippen molar-refractivity contribution in [2.24, 2.45) is 5.92 Å². The predicted molar refractivity (Wildman–Crippen MR) is 79.7 cm³/mol. The number of carbonyl (C=O) groups is 1. The number of hydrogen-bond donors (Lipinski definition) is 0. The lowest BCUT2D eigenvalue weighted by atomic mass is 9.97. The zero-order valence-electron chi connectivity index (χ0n) is 12.6. The molecule has 0 unspecified atom stereocenters. The van der Waals surface area contributed by atoms with E-state index >= 15 is 0 Å². The molecule has 124 valence electrons. The van der Waals surface area contributed by atoms with Crippen LogP contribution in [0.15, 0.2) is 24.3 Å². The lowest BCUT2D eigenvalue weighted by Gasteiger charge is -2.31. The van der Waals surface area contributed by atoms with E-state index in [4.69, 9.17) is 11.2 Å². The molecule has 0 spiro atoms. The first-order valence-electron chi connectivity index (χ1n) is 7.39. The molecule has 1 aliphatic rings. The standard InChI is InChI=1S/C17H18F3NO2/c1-2-11-23-12-13-7-9-21(10-8-13)16(22)14-3-5-15(6-4-14)17(18,19)20/h1,3-6,13H,7-12H2. The highest BCUT2D eigenvalue weighted by atomic mass is 19.4. The van der Waals surface area contributed by atoms with Crippen molar-refractivity contribution in [1.82, 2.24) is 4.90 Å². The van der Waals surface area contributed by atoms with Crippen LogP contribution in [0.2, 0.25) is 0 Å². The van der Waals surface area contributed by atoms with Gasteiger partial charge in [-0.3, -0.25) is 4.79 Å². The van der Waals surface area contributed by atoms with E-state index in [1.807, 2.05) is 0 Å². The fourth-order valence-corrected chi connectivity index (χ4v) is 2.57. The van der Waals surface area contributed by atoms with Gasteiger partial charge in [-0.15, -0.1) is 6.42 Å². The summed E-state index contributed by atoms with van der Waals surface area (Å²) in [6.45, 7) is 2.01. The highest BCUT2D eigenvalue weighted by molar-refractivity contribution is 5.94. The lowest BCUT2D eigenvalue weighted by Crippen LogP contribution is -2.39. The maximum absolute atomic E-state index is 12.5. The van der Waals surface area contributed by atoms with Gasteiger partial charge in [-0.2, -0.15) is 13.2 Å². The molecule has 1 aromatic rings. The van der Waals surface area contributed by atoms with Crippen LogP contribution in [0.1, 0.15) is 28.8 Å². The summed E-state index contributed by atoms with van der Waals surface area (Å²) in [5, 5.41) is 0. The van der Waals surface area contributed by atoms with Gasteiger partial charge in [0.15, 0.2) is 0 Å². The van der Waals surface area contributed by atoms with Gasteiger partial charge in [0, 0.05) is 18.7 Å². The Morgan fingerprint density at radius 2 is 1.87 bits per heavy atom. The van der Waals surface area contributed by atoms with Crippen LogP contribution in [0, 0.1) is 18.3 Å². The predicted octanol–water partition coefficient (Wildman–Crippen LogP) is 3.21. The second kappa shape index (κ2) is 7.51. The number of likely N-dealkylation sites (tertiary alicyclic amines) is 1. The zero-order chi connectivity index (χ0) is 16.9. The lowest BCUT2D eigenvalue weighted by molar-refractivity contribution is -0.137. The van der Waals surface area contributed by atoms with Gasteiger partial charge in [0.1, 0.15) is 6.61 Å². The molecule has 0 saturated carbocycles. The van der Waals surface area contributed by atoms with Gasteiger partial charge in [0.05, 0.1) is 12.2 Å². The third-order valence-electron chi connectivity index (χ3n) is 3.90. The van der Waals surface area contributed by atoms with Crippen molar-refractivity contribution in [2.75, 3.05) is 26.3 Å². The molecule has 0 N–H and O–H groups in total. The van der Waals surface area contributed by atoms with Gasteiger partial charge in [-0.05, 0) is 43.0 Å². The summed E-state index contributed by atoms with van der Waals surface area (Å²) in [5.74, 6) is 2.53. The molecule has 2 rings (SSSR count). The SMILES string of the molecule is C#CCOCC1CCN(C(=O)c2ccc(C(F)(F)F)cc2)CC1. The molecule has 23 heavy (non-hydrogen) atoms. The number of nitrogens with zero attached hydrogens (tertiary/aromatic N) is 1. The van der Waals surface area contributed by atoms with E-state index in [0.717, 1.165) is 25.0 Å². The number of alkyl halides is 3. The van der Waals surface area contributed by atoms with E-state index in [-0.39, 0.29) is 18.1 Å². The molecular weight excluding hydrogens is 307 g/mol. The molecule has 1 aliphatic heterocycles. The monoisotopic (exact) mass is 325 g/mol. The number of carbonyl (C=O) groups excluding carboxylic acids is 1. The van der Waals surface area contributed by atoms with E-state index in [9.17, 15) is 18.0 Å². The molecule has 1 amide bonds. The van der Waals surface area contributed by atoms with Crippen molar-refractivity contribution in [2.45, 2.75) is 19.0 Å². The topological polar surface area (TPSA) is 29.5 Å². The molecule has 1 saturated heterocycles. The Balaban J connectivity index is 1.89. The normalized spacial score (nSPS) is 16.2. The number of hydrogen-bond acceptors (Lipinski definition) is 2. The Morgan fingerprint density at radius 3 is 2.39 bits per heavy atom. The van der Waals surface area contributed by atoms with E-state index in [1.165, 1.54) is 12.1 Å². The Hall–Kier alpha value is -2.00. The van der Waals surface area contributed by atoms with Crippen molar-refractivity contribution in [1.29, 1.82) is 0 Å². The highest BCUT2D eigenvalue weighted by Gasteiger charge is 2.30. The molecule has 1 fully saturated rings. The van der Waals surface area contributed by atoms with Crippen molar-refractivity contribution in [3.63, 3.8) is 0 Å². The van der Waals surface area contributed by atoms with E-state index in [2.05, 4.69) is 5.92 Å². The number of piperidine rings is 1. The number of halogens is 3. The van der Waals surface area contributed by atoms with Crippen LogP contribution in [-0.4, -0.2) is 37.1 Å². The number of benzene rings is 1. The molecular formula is C17H18F3NO2. The Kier molecular flexibility index (Phi) is 5.67. The summed E-state index contributed by atoms with van der Waals surface area (Å²) in [5.41, 5.74) is -0.474. The number of rotatable bonds is 4. The van der Waals surface area contributed by atoms with Gasteiger partial charge in [-0.25, -0.2) is 0 Å². The molecule has 0 radical (unpaired) electrons. The minimum Gasteiger partial charge on any atom is -0.369 e. The average molecular weight is 325 g/mol. The molecule has 1 aromatic carbocycles. The number of amides is 1. The summed E-state index contributed by atoms with van der Waals surface area (Å²) < 4.78 is 42.9. The average Bonchev–Trinajstić information content (AvgIpc) is 2.54. The maximum atomic E-state index is 12.5. The minimum absolute atomic E-state index is 0.235. The number of ether oxygens (including phenoxy) is 1. The summed E-state index contributed by atoms with van der Waals surface area (Å²) >= 11 is 0. The molecule has 3 nitrogen and oxygen atoms in total. The zero-order valence-corrected chi connectivity index (χ0v) is 12.6. The first-order valence-corrected chi connectivity index (χ1v) is 7.39. The largest absolute Gasteiger partial charge is 0.416 e. The van der Waals surface area contributed by atoms with Crippen LogP contribution in [0.5, 0.6) is 0 Å². The van der Waals surface area contributed by atoms with Gasteiger partial charge < -0.3 is 9.64 Å². The first-order chi connectivity index (χ1) is 10.9. The minimum atomic E-state index is -4.39. The van der Waals surface area contributed by atoms with Crippen LogP contribution in [0.25, 0.3) is 0 Å². The van der Waals surface area contributed by atoms with Crippen molar-refractivity contribution in [3.8, 4) is 12.3 Å². The number of terminal acetylenes is 1. The highest BCUT2D eigenvalue weighted by Crippen LogP contribution is 2.29. The molecule has 0 aliphatic carbocycles. The second-order valence-electron chi connectivity index (χ2n) is 5.53. The van der Waals surface area contributed by atoms with Crippen LogP contribution in [-0.2, 0) is 10.9 Å². The van der Waals surface area contributed by atoms with E-state index < -0.39 is 11.7 Å². The van der Waals surface area contributed by atoms with Crippen molar-refractivity contribution >= 4 is 5.91 Å². The van der Waals surface area contributed by atoms with Crippen molar-refractivity contribution in [3.05, 3.63) is 35.4 Å². The quantitative estimate of drug-likeness (QED) is 0.628.